The summed E-state index contributed by atoms with van der Waals surface area (Å²) in [5.41, 5.74) is -0.548. The Labute approximate surface area is 139 Å². The predicted molar refractivity (Wildman–Crippen MR) is 79.9 cm³/mol. The van der Waals surface area contributed by atoms with Crippen LogP contribution in [-0.4, -0.2) is 28.1 Å². The number of nitrogens with zero attached hydrogens (tertiary/aromatic N) is 3. The van der Waals surface area contributed by atoms with E-state index >= 15 is 0 Å². The Bertz CT molecular complexity index is 703. The lowest BCUT2D eigenvalue weighted by Crippen LogP contribution is -2.15. The summed E-state index contributed by atoms with van der Waals surface area (Å²) >= 11 is 11.4. The second kappa shape index (κ2) is 7.65. The highest BCUT2D eigenvalue weighted by Crippen LogP contribution is 2.30. The van der Waals surface area contributed by atoms with Crippen LogP contribution in [0.3, 0.4) is 0 Å². The molecular formula is C13H11Cl2F3N4O. The monoisotopic (exact) mass is 366 g/mol. The minimum absolute atomic E-state index is 0.00887. The fourth-order valence-corrected chi connectivity index (χ4v) is 2.05. The SMILES string of the molecule is Cc1nc(NCCOc2ncc(Cl)cc2F)c(Cl)c(C(F)F)n1. The van der Waals surface area contributed by atoms with Gasteiger partial charge in [0.2, 0.25) is 0 Å². The van der Waals surface area contributed by atoms with Crippen molar-refractivity contribution in [2.75, 3.05) is 18.5 Å². The first-order valence-electron chi connectivity index (χ1n) is 6.38. The molecule has 2 heterocycles. The largest absolute Gasteiger partial charge is 0.474 e. The molecule has 0 bridgehead atoms. The third kappa shape index (κ3) is 4.59. The number of alkyl halides is 2. The third-order valence-corrected chi connectivity index (χ3v) is 3.18. The van der Waals surface area contributed by atoms with Gasteiger partial charge in [-0.2, -0.15) is 0 Å². The summed E-state index contributed by atoms with van der Waals surface area (Å²) in [7, 11) is 0. The highest BCUT2D eigenvalue weighted by atomic mass is 35.5. The maximum atomic E-state index is 13.4. The molecule has 0 radical (unpaired) electrons. The van der Waals surface area contributed by atoms with Crippen LogP contribution < -0.4 is 10.1 Å². The van der Waals surface area contributed by atoms with Gasteiger partial charge in [-0.05, 0) is 13.0 Å². The third-order valence-electron chi connectivity index (χ3n) is 2.60. The fourth-order valence-electron chi connectivity index (χ4n) is 1.67. The van der Waals surface area contributed by atoms with Crippen LogP contribution in [0.1, 0.15) is 17.9 Å². The summed E-state index contributed by atoms with van der Waals surface area (Å²) in [6.07, 6.45) is -1.57. The molecule has 0 fully saturated rings. The van der Waals surface area contributed by atoms with E-state index in [1.165, 1.54) is 13.1 Å². The minimum atomic E-state index is -2.81. The molecule has 124 valence electrons. The molecule has 1 N–H and O–H groups in total. The predicted octanol–water partition coefficient (Wildman–Crippen LogP) is 4.05. The number of aromatic nitrogens is 3. The Kier molecular flexibility index (Phi) is 5.84. The number of aryl methyl sites for hydroxylation is 1. The van der Waals surface area contributed by atoms with E-state index in [2.05, 4.69) is 20.3 Å². The molecule has 0 aliphatic rings. The van der Waals surface area contributed by atoms with Gasteiger partial charge in [0.25, 0.3) is 12.3 Å². The molecule has 0 atom stereocenters. The lowest BCUT2D eigenvalue weighted by molar-refractivity contribution is 0.146. The van der Waals surface area contributed by atoms with Crippen LogP contribution in [0.2, 0.25) is 10.0 Å². The molecule has 0 saturated carbocycles. The Morgan fingerprint density at radius 1 is 1.30 bits per heavy atom. The second-order valence-electron chi connectivity index (χ2n) is 4.34. The van der Waals surface area contributed by atoms with Gasteiger partial charge in [-0.15, -0.1) is 0 Å². The van der Waals surface area contributed by atoms with E-state index in [0.717, 1.165) is 6.07 Å². The number of ether oxygens (including phenoxy) is 1. The molecule has 23 heavy (non-hydrogen) atoms. The quantitative estimate of drug-likeness (QED) is 0.781. The first-order valence-corrected chi connectivity index (χ1v) is 7.14. The molecule has 0 aliphatic heterocycles. The molecule has 0 spiro atoms. The van der Waals surface area contributed by atoms with Gasteiger partial charge in [0, 0.05) is 6.20 Å². The normalized spacial score (nSPS) is 10.9. The van der Waals surface area contributed by atoms with Gasteiger partial charge in [0.15, 0.2) is 5.82 Å². The molecule has 5 nitrogen and oxygen atoms in total. The van der Waals surface area contributed by atoms with Gasteiger partial charge >= 0.3 is 0 Å². The summed E-state index contributed by atoms with van der Waals surface area (Å²) in [5, 5.41) is 2.62. The summed E-state index contributed by atoms with van der Waals surface area (Å²) in [6.45, 7) is 1.62. The second-order valence-corrected chi connectivity index (χ2v) is 5.15. The topological polar surface area (TPSA) is 59.9 Å². The van der Waals surface area contributed by atoms with Crippen LogP contribution in [0.15, 0.2) is 12.3 Å². The van der Waals surface area contributed by atoms with Gasteiger partial charge in [0.05, 0.1) is 11.6 Å². The van der Waals surface area contributed by atoms with Crippen molar-refractivity contribution in [3.8, 4) is 5.88 Å². The molecule has 10 heteroatoms. The van der Waals surface area contributed by atoms with Crippen molar-refractivity contribution in [2.24, 2.45) is 0 Å². The van der Waals surface area contributed by atoms with Crippen LogP contribution >= 0.6 is 23.2 Å². The molecule has 0 aromatic carbocycles. The molecule has 2 aromatic heterocycles. The summed E-state index contributed by atoms with van der Waals surface area (Å²) in [6, 6.07) is 1.07. The first-order chi connectivity index (χ1) is 10.9. The van der Waals surface area contributed by atoms with Crippen molar-refractivity contribution in [1.82, 2.24) is 15.0 Å². The Morgan fingerprint density at radius 3 is 2.70 bits per heavy atom. The molecule has 2 aromatic rings. The number of hydrogen-bond acceptors (Lipinski definition) is 5. The van der Waals surface area contributed by atoms with Crippen molar-refractivity contribution in [1.29, 1.82) is 0 Å². The van der Waals surface area contributed by atoms with E-state index < -0.39 is 17.9 Å². The van der Waals surface area contributed by atoms with Gasteiger partial charge in [-0.1, -0.05) is 23.2 Å². The van der Waals surface area contributed by atoms with E-state index in [0.29, 0.717) is 0 Å². The minimum Gasteiger partial charge on any atom is -0.474 e. The fraction of sp³-hybridized carbons (Fsp3) is 0.308. The summed E-state index contributed by atoms with van der Waals surface area (Å²) < 4.78 is 44.1. The number of hydrogen-bond donors (Lipinski definition) is 1. The molecule has 0 unspecified atom stereocenters. The number of halogens is 5. The van der Waals surface area contributed by atoms with E-state index in [9.17, 15) is 13.2 Å². The zero-order valence-electron chi connectivity index (χ0n) is 11.8. The molecule has 0 amide bonds. The lowest BCUT2D eigenvalue weighted by atomic mass is 10.3. The van der Waals surface area contributed by atoms with E-state index in [1.54, 1.807) is 0 Å². The van der Waals surface area contributed by atoms with E-state index in [-0.39, 0.29) is 40.7 Å². The lowest BCUT2D eigenvalue weighted by Gasteiger charge is -2.11. The maximum absolute atomic E-state index is 13.4. The zero-order chi connectivity index (χ0) is 17.0. The van der Waals surface area contributed by atoms with Crippen LogP contribution in [0.25, 0.3) is 0 Å². The van der Waals surface area contributed by atoms with E-state index in [1.807, 2.05) is 0 Å². The standard InChI is InChI=1S/C13H11Cl2F3N4O/c1-6-21-10(11(17)18)9(15)12(22-6)19-2-3-23-13-8(16)4-7(14)5-20-13/h4-5,11H,2-3H2,1H3,(H,19,21,22). The molecular weight excluding hydrogens is 356 g/mol. The van der Waals surface area contributed by atoms with Gasteiger partial charge < -0.3 is 10.1 Å². The Hall–Kier alpha value is -1.80. The van der Waals surface area contributed by atoms with Gasteiger partial charge in [-0.25, -0.2) is 28.1 Å². The van der Waals surface area contributed by atoms with Crippen LogP contribution in [0, 0.1) is 12.7 Å². The number of nitrogens with one attached hydrogen (secondary N) is 1. The molecule has 0 saturated heterocycles. The maximum Gasteiger partial charge on any atom is 0.282 e. The zero-order valence-corrected chi connectivity index (χ0v) is 13.3. The molecule has 2 rings (SSSR count). The van der Waals surface area contributed by atoms with Crippen molar-refractivity contribution >= 4 is 29.0 Å². The van der Waals surface area contributed by atoms with Crippen molar-refractivity contribution in [3.63, 3.8) is 0 Å². The van der Waals surface area contributed by atoms with Crippen LogP contribution in [-0.2, 0) is 0 Å². The summed E-state index contributed by atoms with van der Waals surface area (Å²) in [4.78, 5) is 11.2. The number of rotatable bonds is 6. The van der Waals surface area contributed by atoms with Gasteiger partial charge in [-0.3, -0.25) is 0 Å². The average Bonchev–Trinajstić information content (AvgIpc) is 2.48. The highest BCUT2D eigenvalue weighted by molar-refractivity contribution is 6.33. The highest BCUT2D eigenvalue weighted by Gasteiger charge is 2.18. The van der Waals surface area contributed by atoms with Crippen molar-refractivity contribution in [3.05, 3.63) is 39.6 Å². The first kappa shape index (κ1) is 17.6. The summed E-state index contributed by atoms with van der Waals surface area (Å²) in [5.74, 6) is -0.705. The van der Waals surface area contributed by atoms with Gasteiger partial charge in [0.1, 0.15) is 29.0 Å². The number of anilines is 1. The van der Waals surface area contributed by atoms with Crippen molar-refractivity contribution < 1.29 is 17.9 Å². The Morgan fingerprint density at radius 2 is 2.04 bits per heavy atom. The van der Waals surface area contributed by atoms with Crippen LogP contribution in [0.5, 0.6) is 5.88 Å². The Balaban J connectivity index is 1.96. The van der Waals surface area contributed by atoms with Crippen molar-refractivity contribution in [2.45, 2.75) is 13.3 Å². The average molecular weight is 367 g/mol. The molecule has 0 aliphatic carbocycles. The van der Waals surface area contributed by atoms with Crippen LogP contribution in [0.4, 0.5) is 19.0 Å². The number of pyridine rings is 1. The van der Waals surface area contributed by atoms with E-state index in [4.69, 9.17) is 27.9 Å². The smallest absolute Gasteiger partial charge is 0.282 e.